The van der Waals surface area contributed by atoms with Crippen LogP contribution in [-0.4, -0.2) is 5.11 Å². The Morgan fingerprint density at radius 2 is 1.67 bits per heavy atom. The van der Waals surface area contributed by atoms with Crippen LogP contribution in [0.1, 0.15) is 0 Å². The predicted octanol–water partition coefficient (Wildman–Crippen LogP) is 3.32. The molecule has 0 saturated heterocycles. The highest BCUT2D eigenvalue weighted by atomic mass is 19.1. The molecule has 3 heteroatoms. The van der Waals surface area contributed by atoms with Crippen molar-refractivity contribution in [2.45, 2.75) is 0 Å². The third-order valence-electron chi connectivity index (χ3n) is 1.92. The smallest absolute Gasteiger partial charge is 0.194 e. The fraction of sp³-hybridized carbons (Fsp3) is 0. The van der Waals surface area contributed by atoms with E-state index < -0.39 is 11.6 Å². The molecule has 2 nitrogen and oxygen atoms in total. The maximum absolute atomic E-state index is 13.0. The number of hydrogen-bond acceptors (Lipinski definition) is 2. The summed E-state index contributed by atoms with van der Waals surface area (Å²) in [5.74, 6) is -0.496. The quantitative estimate of drug-likeness (QED) is 0.813. The first kappa shape index (κ1) is 9.52. The van der Waals surface area contributed by atoms with Gasteiger partial charge in [0.05, 0.1) is 0 Å². The zero-order chi connectivity index (χ0) is 10.7. The number of benzene rings is 2. The van der Waals surface area contributed by atoms with Crippen LogP contribution in [0.15, 0.2) is 48.5 Å². The highest BCUT2D eigenvalue weighted by Gasteiger charge is 2.07. The standard InChI is InChI=1S/C12H9FO2/c13-10-7-4-8-11(12(10)14)15-9-5-2-1-3-6-9/h1-8,14H. The lowest BCUT2D eigenvalue weighted by Gasteiger charge is -2.07. The van der Waals surface area contributed by atoms with Gasteiger partial charge in [-0.15, -0.1) is 0 Å². The summed E-state index contributed by atoms with van der Waals surface area (Å²) >= 11 is 0. The van der Waals surface area contributed by atoms with Crippen molar-refractivity contribution in [3.8, 4) is 17.2 Å². The van der Waals surface area contributed by atoms with Crippen LogP contribution in [0.2, 0.25) is 0 Å². The Balaban J connectivity index is 2.29. The second-order valence-electron chi connectivity index (χ2n) is 3.00. The van der Waals surface area contributed by atoms with Crippen LogP contribution in [0, 0.1) is 5.82 Å². The van der Waals surface area contributed by atoms with Gasteiger partial charge < -0.3 is 9.84 Å². The highest BCUT2D eigenvalue weighted by molar-refractivity contribution is 5.42. The minimum absolute atomic E-state index is 0.112. The lowest BCUT2D eigenvalue weighted by molar-refractivity contribution is 0.385. The second kappa shape index (κ2) is 4.00. The number of phenols is 1. The monoisotopic (exact) mass is 204 g/mol. The molecule has 0 aromatic heterocycles. The molecule has 0 aliphatic heterocycles. The van der Waals surface area contributed by atoms with Gasteiger partial charge in [-0.25, -0.2) is 4.39 Å². The van der Waals surface area contributed by atoms with E-state index in [1.807, 2.05) is 6.07 Å². The maximum Gasteiger partial charge on any atom is 0.194 e. The summed E-state index contributed by atoms with van der Waals surface area (Å²) in [5, 5.41) is 9.36. The molecule has 0 radical (unpaired) electrons. The predicted molar refractivity (Wildman–Crippen MR) is 54.6 cm³/mol. The summed E-state index contributed by atoms with van der Waals surface area (Å²) < 4.78 is 18.3. The SMILES string of the molecule is Oc1c(F)cccc1Oc1ccccc1. The van der Waals surface area contributed by atoms with E-state index in [9.17, 15) is 9.50 Å². The Morgan fingerprint density at radius 1 is 0.933 bits per heavy atom. The first-order valence-corrected chi connectivity index (χ1v) is 4.48. The number of ether oxygens (including phenoxy) is 1. The molecule has 2 rings (SSSR count). The van der Waals surface area contributed by atoms with Crippen molar-refractivity contribution in [2.24, 2.45) is 0 Å². The lowest BCUT2D eigenvalue weighted by atomic mass is 10.3. The second-order valence-corrected chi connectivity index (χ2v) is 3.00. The molecular weight excluding hydrogens is 195 g/mol. The Hall–Kier alpha value is -2.03. The van der Waals surface area contributed by atoms with Gasteiger partial charge in [0, 0.05) is 0 Å². The van der Waals surface area contributed by atoms with Crippen molar-refractivity contribution in [1.82, 2.24) is 0 Å². The number of halogens is 1. The van der Waals surface area contributed by atoms with Gasteiger partial charge in [0.15, 0.2) is 17.3 Å². The normalized spacial score (nSPS) is 9.93. The largest absolute Gasteiger partial charge is 0.502 e. The van der Waals surface area contributed by atoms with Crippen LogP contribution in [0.3, 0.4) is 0 Å². The average Bonchev–Trinajstić information content (AvgIpc) is 2.26. The molecule has 15 heavy (non-hydrogen) atoms. The van der Waals surface area contributed by atoms with Gasteiger partial charge >= 0.3 is 0 Å². The molecule has 0 bridgehead atoms. The number of rotatable bonds is 2. The number of aromatic hydroxyl groups is 1. The minimum atomic E-state index is -0.691. The fourth-order valence-corrected chi connectivity index (χ4v) is 1.19. The van der Waals surface area contributed by atoms with Crippen LogP contribution in [0.25, 0.3) is 0 Å². The maximum atomic E-state index is 13.0. The van der Waals surface area contributed by atoms with Gasteiger partial charge in [-0.3, -0.25) is 0 Å². The molecule has 0 spiro atoms. The fourth-order valence-electron chi connectivity index (χ4n) is 1.19. The topological polar surface area (TPSA) is 29.5 Å². The van der Waals surface area contributed by atoms with Crippen molar-refractivity contribution in [2.75, 3.05) is 0 Å². The zero-order valence-electron chi connectivity index (χ0n) is 7.85. The molecule has 0 amide bonds. The first-order valence-electron chi connectivity index (χ1n) is 4.48. The molecule has 0 saturated carbocycles. The third kappa shape index (κ3) is 2.07. The molecule has 0 heterocycles. The van der Waals surface area contributed by atoms with Crippen LogP contribution in [-0.2, 0) is 0 Å². The van der Waals surface area contributed by atoms with E-state index in [4.69, 9.17) is 4.74 Å². The van der Waals surface area contributed by atoms with Gasteiger partial charge in [0.2, 0.25) is 0 Å². The lowest BCUT2D eigenvalue weighted by Crippen LogP contribution is -1.86. The van der Waals surface area contributed by atoms with Gasteiger partial charge in [0.1, 0.15) is 5.75 Å². The number of hydrogen-bond donors (Lipinski definition) is 1. The van der Waals surface area contributed by atoms with Crippen molar-refractivity contribution in [1.29, 1.82) is 0 Å². The molecule has 0 aliphatic carbocycles. The molecular formula is C12H9FO2. The van der Waals surface area contributed by atoms with Gasteiger partial charge in [-0.05, 0) is 24.3 Å². The molecule has 0 fully saturated rings. The van der Waals surface area contributed by atoms with E-state index in [-0.39, 0.29) is 5.75 Å². The Kier molecular flexibility index (Phi) is 2.54. The van der Waals surface area contributed by atoms with Crippen molar-refractivity contribution in [3.05, 3.63) is 54.3 Å². The van der Waals surface area contributed by atoms with Gasteiger partial charge in [0.25, 0.3) is 0 Å². The molecule has 0 atom stereocenters. The summed E-state index contributed by atoms with van der Waals surface area (Å²) in [6.07, 6.45) is 0. The summed E-state index contributed by atoms with van der Waals surface area (Å²) in [7, 11) is 0. The van der Waals surface area contributed by atoms with Crippen molar-refractivity contribution in [3.63, 3.8) is 0 Å². The number of phenolic OH excluding ortho intramolecular Hbond substituents is 1. The van der Waals surface area contributed by atoms with E-state index in [0.29, 0.717) is 5.75 Å². The minimum Gasteiger partial charge on any atom is -0.502 e. The van der Waals surface area contributed by atoms with Crippen molar-refractivity contribution >= 4 is 0 Å². The van der Waals surface area contributed by atoms with E-state index in [0.717, 1.165) is 0 Å². The first-order chi connectivity index (χ1) is 7.27. The van der Waals surface area contributed by atoms with Gasteiger partial charge in [-0.1, -0.05) is 24.3 Å². The molecule has 2 aromatic carbocycles. The third-order valence-corrected chi connectivity index (χ3v) is 1.92. The Labute approximate surface area is 86.6 Å². The van der Waals surface area contributed by atoms with Crippen LogP contribution in [0.5, 0.6) is 17.2 Å². The summed E-state index contributed by atoms with van der Waals surface area (Å²) in [4.78, 5) is 0. The highest BCUT2D eigenvalue weighted by Crippen LogP contribution is 2.32. The molecule has 0 aliphatic rings. The number of para-hydroxylation sites is 2. The van der Waals surface area contributed by atoms with Crippen LogP contribution in [0.4, 0.5) is 4.39 Å². The van der Waals surface area contributed by atoms with E-state index in [1.54, 1.807) is 24.3 Å². The van der Waals surface area contributed by atoms with Crippen LogP contribution < -0.4 is 4.74 Å². The molecule has 76 valence electrons. The van der Waals surface area contributed by atoms with E-state index >= 15 is 0 Å². The Bertz CT molecular complexity index is 454. The average molecular weight is 204 g/mol. The Morgan fingerprint density at radius 3 is 2.40 bits per heavy atom. The van der Waals surface area contributed by atoms with Gasteiger partial charge in [-0.2, -0.15) is 0 Å². The van der Waals surface area contributed by atoms with Crippen molar-refractivity contribution < 1.29 is 14.2 Å². The molecule has 0 unspecified atom stereocenters. The molecule has 2 aromatic rings. The molecule has 1 N–H and O–H groups in total. The zero-order valence-corrected chi connectivity index (χ0v) is 7.85. The van der Waals surface area contributed by atoms with Crippen LogP contribution >= 0.6 is 0 Å². The van der Waals surface area contributed by atoms with E-state index in [2.05, 4.69) is 0 Å². The van der Waals surface area contributed by atoms with E-state index in [1.165, 1.54) is 18.2 Å². The summed E-state index contributed by atoms with van der Waals surface area (Å²) in [6, 6.07) is 13.1. The summed E-state index contributed by atoms with van der Waals surface area (Å²) in [6.45, 7) is 0. The summed E-state index contributed by atoms with van der Waals surface area (Å²) in [5.41, 5.74) is 0.